The molecule has 2 amide bonds. The van der Waals surface area contributed by atoms with Crippen LogP contribution in [0.1, 0.15) is 37.0 Å². The van der Waals surface area contributed by atoms with Gasteiger partial charge in [-0.3, -0.25) is 9.59 Å². The molecule has 0 bridgehead atoms. The normalized spacial score (nSPS) is 18.2. The van der Waals surface area contributed by atoms with Gasteiger partial charge >= 0.3 is 5.97 Å². The summed E-state index contributed by atoms with van der Waals surface area (Å²) in [5.41, 5.74) is 5.78. The fraction of sp³-hybridized carbons (Fsp3) is 0.357. The minimum absolute atomic E-state index is 0.0171. The lowest BCUT2D eigenvalue weighted by atomic mass is 9.81. The molecule has 0 aliphatic carbocycles. The molecule has 0 aromatic heterocycles. The Balaban J connectivity index is 2.39. The van der Waals surface area contributed by atoms with Crippen molar-refractivity contribution >= 4 is 29.2 Å². The first kappa shape index (κ1) is 14.0. The number of rotatable bonds is 2. The zero-order valence-corrected chi connectivity index (χ0v) is 11.3. The Hall–Kier alpha value is -2.37. The Morgan fingerprint density at radius 2 is 1.80 bits per heavy atom. The molecule has 1 aliphatic rings. The zero-order chi connectivity index (χ0) is 15.1. The van der Waals surface area contributed by atoms with E-state index in [4.69, 9.17) is 10.8 Å². The quantitative estimate of drug-likeness (QED) is 0.631. The maximum atomic E-state index is 12.1. The zero-order valence-electron chi connectivity index (χ0n) is 11.3. The summed E-state index contributed by atoms with van der Waals surface area (Å²) in [6.45, 7) is 3.72. The first-order valence-electron chi connectivity index (χ1n) is 6.20. The molecule has 1 fully saturated rings. The molecular formula is C14H16N2O4. The van der Waals surface area contributed by atoms with Crippen molar-refractivity contribution in [2.75, 3.05) is 10.6 Å². The van der Waals surface area contributed by atoms with E-state index in [1.807, 2.05) is 13.8 Å². The van der Waals surface area contributed by atoms with E-state index < -0.39 is 5.97 Å². The van der Waals surface area contributed by atoms with E-state index in [1.165, 1.54) is 18.2 Å². The molecule has 6 nitrogen and oxygen atoms in total. The number of hydrogen-bond donors (Lipinski definition) is 2. The molecule has 1 saturated heterocycles. The summed E-state index contributed by atoms with van der Waals surface area (Å²) in [5, 5.41) is 8.88. The second-order valence-corrected chi connectivity index (χ2v) is 5.72. The predicted molar refractivity (Wildman–Crippen MR) is 73.3 cm³/mol. The number of nitrogens with two attached hydrogens (primary N) is 1. The van der Waals surface area contributed by atoms with Crippen LogP contribution in [0, 0.1) is 5.41 Å². The second-order valence-electron chi connectivity index (χ2n) is 5.72. The average molecular weight is 276 g/mol. The van der Waals surface area contributed by atoms with Crippen molar-refractivity contribution in [2.24, 2.45) is 5.41 Å². The predicted octanol–water partition coefficient (Wildman–Crippen LogP) is 1.65. The van der Waals surface area contributed by atoms with Gasteiger partial charge in [-0.1, -0.05) is 13.8 Å². The van der Waals surface area contributed by atoms with E-state index in [-0.39, 0.29) is 47.0 Å². The van der Waals surface area contributed by atoms with Gasteiger partial charge in [0, 0.05) is 12.8 Å². The average Bonchev–Trinajstić information content (AvgIpc) is 2.28. The molecule has 0 atom stereocenters. The number of nitrogen functional groups attached to an aromatic ring is 1. The van der Waals surface area contributed by atoms with Crippen LogP contribution in [0.2, 0.25) is 0 Å². The number of imide groups is 1. The van der Waals surface area contributed by atoms with Gasteiger partial charge in [0.25, 0.3) is 0 Å². The van der Waals surface area contributed by atoms with Crippen LogP contribution in [-0.2, 0) is 9.59 Å². The summed E-state index contributed by atoms with van der Waals surface area (Å²) in [5.74, 6) is -1.75. The molecule has 1 aliphatic heterocycles. The monoisotopic (exact) mass is 276 g/mol. The number of aromatic carboxylic acids is 1. The highest BCUT2D eigenvalue weighted by Gasteiger charge is 2.38. The van der Waals surface area contributed by atoms with E-state index in [2.05, 4.69) is 0 Å². The highest BCUT2D eigenvalue weighted by Crippen LogP contribution is 2.36. The summed E-state index contributed by atoms with van der Waals surface area (Å²) in [6, 6.07) is 3.97. The summed E-state index contributed by atoms with van der Waals surface area (Å²) >= 11 is 0. The summed E-state index contributed by atoms with van der Waals surface area (Å²) < 4.78 is 0. The van der Waals surface area contributed by atoms with Crippen LogP contribution in [0.25, 0.3) is 0 Å². The summed E-state index contributed by atoms with van der Waals surface area (Å²) in [4.78, 5) is 36.1. The minimum atomic E-state index is -1.11. The van der Waals surface area contributed by atoms with Crippen molar-refractivity contribution < 1.29 is 19.5 Å². The number of carboxylic acids is 1. The summed E-state index contributed by atoms with van der Waals surface area (Å²) in [7, 11) is 0. The minimum Gasteiger partial charge on any atom is -0.478 e. The van der Waals surface area contributed by atoms with Gasteiger partial charge in [-0.15, -0.1) is 0 Å². The number of carboxylic acid groups (broad SMARTS) is 1. The topological polar surface area (TPSA) is 101 Å². The second kappa shape index (κ2) is 4.63. The molecule has 106 valence electrons. The molecular weight excluding hydrogens is 260 g/mol. The maximum absolute atomic E-state index is 12.1. The number of hydrogen-bond acceptors (Lipinski definition) is 4. The van der Waals surface area contributed by atoms with E-state index >= 15 is 0 Å². The van der Waals surface area contributed by atoms with Gasteiger partial charge in [-0.2, -0.15) is 0 Å². The lowest BCUT2D eigenvalue weighted by Gasteiger charge is -2.35. The van der Waals surface area contributed by atoms with Crippen LogP contribution in [0.4, 0.5) is 11.4 Å². The Morgan fingerprint density at radius 1 is 1.25 bits per heavy atom. The highest BCUT2D eigenvalue weighted by molar-refractivity contribution is 6.18. The van der Waals surface area contributed by atoms with Crippen LogP contribution in [0.3, 0.4) is 0 Å². The third-order valence-electron chi connectivity index (χ3n) is 3.27. The van der Waals surface area contributed by atoms with Crippen molar-refractivity contribution in [3.63, 3.8) is 0 Å². The van der Waals surface area contributed by atoms with Gasteiger partial charge in [-0.05, 0) is 23.6 Å². The van der Waals surface area contributed by atoms with Crippen LogP contribution < -0.4 is 10.6 Å². The lowest BCUT2D eigenvalue weighted by molar-refractivity contribution is -0.132. The number of piperidine rings is 1. The van der Waals surface area contributed by atoms with Crippen LogP contribution in [0.5, 0.6) is 0 Å². The van der Waals surface area contributed by atoms with Gasteiger partial charge in [0.2, 0.25) is 11.8 Å². The Labute approximate surface area is 116 Å². The molecule has 0 unspecified atom stereocenters. The first-order valence-corrected chi connectivity index (χ1v) is 6.20. The van der Waals surface area contributed by atoms with Crippen molar-refractivity contribution in [1.29, 1.82) is 0 Å². The van der Waals surface area contributed by atoms with Gasteiger partial charge < -0.3 is 10.8 Å². The third-order valence-corrected chi connectivity index (χ3v) is 3.27. The standard InChI is InChI=1S/C14H16N2O4/c1-14(2)6-11(17)16(12(18)7-14)10-4-3-8(13(19)20)5-9(10)15/h3-5H,6-7,15H2,1-2H3,(H,19,20). The smallest absolute Gasteiger partial charge is 0.335 e. The number of carbonyl (C=O) groups is 3. The lowest BCUT2D eigenvalue weighted by Crippen LogP contribution is -2.46. The molecule has 0 saturated carbocycles. The first-order chi connectivity index (χ1) is 9.21. The number of amides is 2. The van der Waals surface area contributed by atoms with E-state index in [0.717, 1.165) is 4.90 Å². The van der Waals surface area contributed by atoms with E-state index in [0.29, 0.717) is 0 Å². The van der Waals surface area contributed by atoms with Gasteiger partial charge in [0.05, 0.1) is 16.9 Å². The Bertz CT molecular complexity index is 587. The Morgan fingerprint density at radius 3 is 2.25 bits per heavy atom. The van der Waals surface area contributed by atoms with Gasteiger partial charge in [-0.25, -0.2) is 9.69 Å². The maximum Gasteiger partial charge on any atom is 0.335 e. The largest absolute Gasteiger partial charge is 0.478 e. The van der Waals surface area contributed by atoms with Gasteiger partial charge in [0.15, 0.2) is 0 Å². The summed E-state index contributed by atoms with van der Waals surface area (Å²) in [6.07, 6.45) is 0.498. The van der Waals surface area contributed by atoms with E-state index in [1.54, 1.807) is 0 Å². The number of nitrogens with zero attached hydrogens (tertiary/aromatic N) is 1. The number of benzene rings is 1. The third kappa shape index (κ3) is 2.49. The van der Waals surface area contributed by atoms with Gasteiger partial charge in [0.1, 0.15) is 0 Å². The molecule has 0 radical (unpaired) electrons. The highest BCUT2D eigenvalue weighted by atomic mass is 16.4. The van der Waals surface area contributed by atoms with Crippen molar-refractivity contribution in [3.05, 3.63) is 23.8 Å². The molecule has 20 heavy (non-hydrogen) atoms. The van der Waals surface area contributed by atoms with Crippen molar-refractivity contribution in [1.82, 2.24) is 0 Å². The van der Waals surface area contributed by atoms with Crippen LogP contribution >= 0.6 is 0 Å². The molecule has 1 heterocycles. The van der Waals surface area contributed by atoms with Crippen molar-refractivity contribution in [2.45, 2.75) is 26.7 Å². The molecule has 0 spiro atoms. The fourth-order valence-electron chi connectivity index (χ4n) is 2.34. The van der Waals surface area contributed by atoms with Crippen molar-refractivity contribution in [3.8, 4) is 0 Å². The number of carbonyl (C=O) groups excluding carboxylic acids is 2. The van der Waals surface area contributed by atoms with Crippen LogP contribution in [0.15, 0.2) is 18.2 Å². The Kier molecular flexibility index (Phi) is 3.25. The number of anilines is 2. The molecule has 1 aromatic rings. The molecule has 3 N–H and O–H groups in total. The molecule has 1 aromatic carbocycles. The fourth-order valence-corrected chi connectivity index (χ4v) is 2.34. The van der Waals surface area contributed by atoms with Crippen LogP contribution in [-0.4, -0.2) is 22.9 Å². The SMILES string of the molecule is CC1(C)CC(=O)N(c2ccc(C(=O)O)cc2N)C(=O)C1. The molecule has 6 heteroatoms. The van der Waals surface area contributed by atoms with E-state index in [9.17, 15) is 14.4 Å². The molecule has 2 rings (SSSR count).